The molecule has 0 saturated heterocycles. The maximum Gasteiger partial charge on any atom is 0.269 e. The molecule has 0 aromatic heterocycles. The minimum atomic E-state index is -0.689. The largest absolute Gasteiger partial charge is 0.493 e. The number of non-ortho nitro benzene ring substituents is 1. The fourth-order valence-corrected chi connectivity index (χ4v) is 4.66. The molecule has 6 heteroatoms. The van der Waals surface area contributed by atoms with Crippen molar-refractivity contribution in [2.75, 3.05) is 11.9 Å². The number of hydrogen-bond acceptors (Lipinski definition) is 4. The van der Waals surface area contributed by atoms with E-state index in [1.807, 2.05) is 36.4 Å². The van der Waals surface area contributed by atoms with Gasteiger partial charge >= 0.3 is 0 Å². The Morgan fingerprint density at radius 1 is 1.00 bits per heavy atom. The lowest BCUT2D eigenvalue weighted by molar-refractivity contribution is -0.384. The van der Waals surface area contributed by atoms with Gasteiger partial charge in [-0.3, -0.25) is 14.9 Å². The average molecular weight is 433 g/mol. The number of nitrogens with zero attached hydrogens (tertiary/aromatic N) is 1. The van der Waals surface area contributed by atoms with E-state index in [2.05, 4.69) is 12.2 Å². The van der Waals surface area contributed by atoms with Gasteiger partial charge in [-0.05, 0) is 37.0 Å². The number of hydrogen-bond donors (Lipinski definition) is 1. The van der Waals surface area contributed by atoms with Gasteiger partial charge in [0.2, 0.25) is 5.91 Å². The van der Waals surface area contributed by atoms with E-state index >= 15 is 0 Å². The molecule has 1 N–H and O–H groups in total. The maximum atomic E-state index is 13.7. The van der Waals surface area contributed by atoms with Gasteiger partial charge in [0.1, 0.15) is 5.75 Å². The molecule has 1 aliphatic rings. The molecule has 3 aromatic rings. The first-order chi connectivity index (χ1) is 15.5. The number of nitro groups is 1. The quantitative estimate of drug-likeness (QED) is 0.347. The van der Waals surface area contributed by atoms with Crippen LogP contribution in [0.2, 0.25) is 0 Å². The Balaban J connectivity index is 1.69. The summed E-state index contributed by atoms with van der Waals surface area (Å²) in [6.45, 7) is 2.71. The van der Waals surface area contributed by atoms with E-state index in [1.165, 1.54) is 12.1 Å². The monoisotopic (exact) mass is 432 g/mol. The van der Waals surface area contributed by atoms with Crippen LogP contribution in [0.15, 0.2) is 60.7 Å². The van der Waals surface area contributed by atoms with Crippen molar-refractivity contribution in [1.82, 2.24) is 0 Å². The number of carbonyl (C=O) groups excluding carboxylic acids is 1. The summed E-state index contributed by atoms with van der Waals surface area (Å²) in [4.78, 5) is 24.4. The van der Waals surface area contributed by atoms with Crippen molar-refractivity contribution >= 4 is 28.1 Å². The SMILES string of the molecule is CCCOc1ccc(NC(=O)C2(c3ccc([N+](=O)[O-])cc3)CCCCC2)c2ccccc12. The Morgan fingerprint density at radius 3 is 2.34 bits per heavy atom. The van der Waals surface area contributed by atoms with Crippen LogP contribution in [-0.2, 0) is 10.2 Å². The number of ether oxygens (including phenoxy) is 1. The Bertz CT molecular complexity index is 1120. The van der Waals surface area contributed by atoms with Gasteiger partial charge < -0.3 is 10.1 Å². The number of fused-ring (bicyclic) bond motifs is 1. The zero-order chi connectivity index (χ0) is 22.6. The molecule has 166 valence electrons. The van der Waals surface area contributed by atoms with Crippen LogP contribution in [0.4, 0.5) is 11.4 Å². The second-order valence-corrected chi connectivity index (χ2v) is 8.41. The van der Waals surface area contributed by atoms with Gasteiger partial charge in [-0.15, -0.1) is 0 Å². The molecule has 1 amide bonds. The summed E-state index contributed by atoms with van der Waals surface area (Å²) in [6.07, 6.45) is 5.38. The molecule has 0 radical (unpaired) electrons. The second kappa shape index (κ2) is 9.39. The summed E-state index contributed by atoms with van der Waals surface area (Å²) in [5.41, 5.74) is 0.939. The van der Waals surface area contributed by atoms with Crippen molar-refractivity contribution in [2.45, 2.75) is 50.9 Å². The standard InChI is InChI=1S/C26H28N2O4/c1-2-18-32-24-15-14-23(21-8-4-5-9-22(21)24)27-25(29)26(16-6-3-7-17-26)19-10-12-20(13-11-19)28(30)31/h4-5,8-15H,2-3,6-7,16-18H2,1H3,(H,27,29). The van der Waals surface area contributed by atoms with Crippen LogP contribution in [0.1, 0.15) is 51.0 Å². The summed E-state index contributed by atoms with van der Waals surface area (Å²) < 4.78 is 5.90. The fraction of sp³-hybridized carbons (Fsp3) is 0.346. The number of benzene rings is 3. The third-order valence-electron chi connectivity index (χ3n) is 6.37. The van der Waals surface area contributed by atoms with Gasteiger partial charge in [0.25, 0.3) is 5.69 Å². The van der Waals surface area contributed by atoms with Gasteiger partial charge in [0.15, 0.2) is 0 Å². The van der Waals surface area contributed by atoms with E-state index in [0.717, 1.165) is 66.3 Å². The number of nitro benzene ring substituents is 1. The summed E-state index contributed by atoms with van der Waals surface area (Å²) >= 11 is 0. The first-order valence-electron chi connectivity index (χ1n) is 11.3. The average Bonchev–Trinajstić information content (AvgIpc) is 2.84. The molecule has 4 rings (SSSR count). The molecule has 1 fully saturated rings. The third kappa shape index (κ3) is 4.17. The second-order valence-electron chi connectivity index (χ2n) is 8.41. The molecule has 0 spiro atoms. The topological polar surface area (TPSA) is 81.5 Å². The molecule has 0 atom stereocenters. The van der Waals surface area contributed by atoms with Crippen LogP contribution < -0.4 is 10.1 Å². The molecular formula is C26H28N2O4. The van der Waals surface area contributed by atoms with Gasteiger partial charge in [0, 0.05) is 28.6 Å². The molecule has 3 aromatic carbocycles. The molecule has 1 aliphatic carbocycles. The lowest BCUT2D eigenvalue weighted by Gasteiger charge is -2.36. The van der Waals surface area contributed by atoms with E-state index in [4.69, 9.17) is 4.74 Å². The lowest BCUT2D eigenvalue weighted by atomic mass is 9.68. The molecule has 0 unspecified atom stereocenters. The van der Waals surface area contributed by atoms with Gasteiger partial charge in [0.05, 0.1) is 16.9 Å². The fourth-order valence-electron chi connectivity index (χ4n) is 4.66. The highest BCUT2D eigenvalue weighted by Crippen LogP contribution is 2.42. The highest BCUT2D eigenvalue weighted by atomic mass is 16.6. The van der Waals surface area contributed by atoms with E-state index in [-0.39, 0.29) is 11.6 Å². The summed E-state index contributed by atoms with van der Waals surface area (Å²) in [5, 5.41) is 16.2. The minimum Gasteiger partial charge on any atom is -0.493 e. The predicted octanol–water partition coefficient (Wildman–Crippen LogP) is 6.38. The van der Waals surface area contributed by atoms with Crippen LogP contribution in [0.25, 0.3) is 10.8 Å². The van der Waals surface area contributed by atoms with E-state index in [0.29, 0.717) is 6.61 Å². The van der Waals surface area contributed by atoms with E-state index in [1.54, 1.807) is 12.1 Å². The van der Waals surface area contributed by atoms with Crippen LogP contribution in [0.3, 0.4) is 0 Å². The van der Waals surface area contributed by atoms with Crippen LogP contribution in [0, 0.1) is 10.1 Å². The molecule has 0 bridgehead atoms. The number of amides is 1. The Hall–Kier alpha value is -3.41. The van der Waals surface area contributed by atoms with Crippen molar-refractivity contribution in [3.63, 3.8) is 0 Å². The third-order valence-corrected chi connectivity index (χ3v) is 6.37. The van der Waals surface area contributed by atoms with Gasteiger partial charge in [-0.2, -0.15) is 0 Å². The van der Waals surface area contributed by atoms with Crippen molar-refractivity contribution in [2.24, 2.45) is 0 Å². The molecule has 32 heavy (non-hydrogen) atoms. The predicted molar refractivity (Wildman–Crippen MR) is 126 cm³/mol. The molecule has 6 nitrogen and oxygen atoms in total. The van der Waals surface area contributed by atoms with E-state index < -0.39 is 10.3 Å². The first-order valence-corrected chi connectivity index (χ1v) is 11.3. The van der Waals surface area contributed by atoms with Crippen molar-refractivity contribution in [3.8, 4) is 5.75 Å². The van der Waals surface area contributed by atoms with Crippen molar-refractivity contribution < 1.29 is 14.5 Å². The zero-order valence-corrected chi connectivity index (χ0v) is 18.3. The van der Waals surface area contributed by atoms with Crippen molar-refractivity contribution in [3.05, 3.63) is 76.3 Å². The number of carbonyl (C=O) groups is 1. The van der Waals surface area contributed by atoms with Gasteiger partial charge in [-0.25, -0.2) is 0 Å². The van der Waals surface area contributed by atoms with Crippen molar-refractivity contribution in [1.29, 1.82) is 0 Å². The highest BCUT2D eigenvalue weighted by molar-refractivity contribution is 6.07. The Morgan fingerprint density at radius 2 is 1.69 bits per heavy atom. The Kier molecular flexibility index (Phi) is 6.40. The van der Waals surface area contributed by atoms with Crippen LogP contribution in [-0.4, -0.2) is 17.4 Å². The molecule has 0 heterocycles. The zero-order valence-electron chi connectivity index (χ0n) is 18.3. The van der Waals surface area contributed by atoms with Crippen LogP contribution >= 0.6 is 0 Å². The van der Waals surface area contributed by atoms with E-state index in [9.17, 15) is 14.9 Å². The minimum absolute atomic E-state index is 0.0359. The summed E-state index contributed by atoms with van der Waals surface area (Å²) in [7, 11) is 0. The number of rotatable bonds is 7. The highest BCUT2D eigenvalue weighted by Gasteiger charge is 2.41. The maximum absolute atomic E-state index is 13.7. The van der Waals surface area contributed by atoms with Crippen LogP contribution in [0.5, 0.6) is 5.75 Å². The molecule has 0 aliphatic heterocycles. The lowest BCUT2D eigenvalue weighted by Crippen LogP contribution is -2.42. The summed E-state index contributed by atoms with van der Waals surface area (Å²) in [6, 6.07) is 18.2. The molecular weight excluding hydrogens is 404 g/mol. The summed E-state index contributed by atoms with van der Waals surface area (Å²) in [5.74, 6) is 0.752. The Labute approximate surface area is 187 Å². The first kappa shape index (κ1) is 21.8. The van der Waals surface area contributed by atoms with Gasteiger partial charge in [-0.1, -0.05) is 62.6 Å². The number of nitrogens with one attached hydrogen (secondary N) is 1. The molecule has 1 saturated carbocycles. The normalized spacial score (nSPS) is 15.3. The smallest absolute Gasteiger partial charge is 0.269 e. The number of anilines is 1.